The van der Waals surface area contributed by atoms with E-state index in [0.717, 1.165) is 0 Å². The Hall–Kier alpha value is -3.39. The van der Waals surface area contributed by atoms with Crippen LogP contribution in [0.15, 0.2) is 42.5 Å². The van der Waals surface area contributed by atoms with Gasteiger partial charge in [-0.3, -0.25) is 10.1 Å². The molecule has 4 N–H and O–H groups in total. The van der Waals surface area contributed by atoms with Crippen molar-refractivity contribution in [1.29, 1.82) is 0 Å². The van der Waals surface area contributed by atoms with E-state index in [1.165, 1.54) is 6.07 Å². The van der Waals surface area contributed by atoms with Gasteiger partial charge in [-0.15, -0.1) is 0 Å². The summed E-state index contributed by atoms with van der Waals surface area (Å²) in [6, 6.07) is 11.4. The SMILES string of the molecule is COCCCn1c(NC(=O)c2cccc(N)c2)nc2cccc(C(=O)O)c21. The molecule has 1 heterocycles. The lowest BCUT2D eigenvalue weighted by Gasteiger charge is -2.11. The molecular weight excluding hydrogens is 348 g/mol. The number of aromatic carboxylic acids is 1. The molecule has 8 nitrogen and oxygen atoms in total. The van der Waals surface area contributed by atoms with E-state index in [0.29, 0.717) is 41.9 Å². The van der Waals surface area contributed by atoms with Crippen molar-refractivity contribution in [2.45, 2.75) is 13.0 Å². The molecule has 0 bridgehead atoms. The highest BCUT2D eigenvalue weighted by Gasteiger charge is 2.19. The molecule has 0 atom stereocenters. The van der Waals surface area contributed by atoms with Gasteiger partial charge < -0.3 is 20.1 Å². The summed E-state index contributed by atoms with van der Waals surface area (Å²) >= 11 is 0. The number of nitrogens with zero attached hydrogens (tertiary/aromatic N) is 2. The van der Waals surface area contributed by atoms with Gasteiger partial charge in [0.2, 0.25) is 5.95 Å². The average Bonchev–Trinajstić information content (AvgIpc) is 2.99. The average molecular weight is 368 g/mol. The number of carbonyl (C=O) groups is 2. The maximum Gasteiger partial charge on any atom is 0.337 e. The van der Waals surface area contributed by atoms with Crippen LogP contribution in [0.1, 0.15) is 27.1 Å². The zero-order valence-corrected chi connectivity index (χ0v) is 14.8. The Morgan fingerprint density at radius 3 is 2.74 bits per heavy atom. The van der Waals surface area contributed by atoms with Crippen molar-refractivity contribution < 1.29 is 19.4 Å². The van der Waals surface area contributed by atoms with Crippen molar-refractivity contribution in [3.8, 4) is 0 Å². The number of carbonyl (C=O) groups excluding carboxylic acids is 1. The molecule has 3 aromatic rings. The van der Waals surface area contributed by atoms with Crippen LogP contribution in [-0.2, 0) is 11.3 Å². The molecule has 1 aromatic heterocycles. The number of methoxy groups -OCH3 is 1. The third kappa shape index (κ3) is 3.90. The number of imidazole rings is 1. The van der Waals surface area contributed by atoms with Gasteiger partial charge in [0.25, 0.3) is 5.91 Å². The van der Waals surface area contributed by atoms with Crippen molar-refractivity contribution in [3.05, 3.63) is 53.6 Å². The summed E-state index contributed by atoms with van der Waals surface area (Å²) in [6.45, 7) is 0.943. The molecule has 0 saturated carbocycles. The molecule has 0 aliphatic carbocycles. The Morgan fingerprint density at radius 1 is 1.26 bits per heavy atom. The molecule has 0 radical (unpaired) electrons. The number of carboxylic acid groups (broad SMARTS) is 1. The highest BCUT2D eigenvalue weighted by atomic mass is 16.5. The molecule has 2 aromatic carbocycles. The molecule has 0 fully saturated rings. The number of nitrogens with two attached hydrogens (primary N) is 1. The van der Waals surface area contributed by atoms with Crippen molar-refractivity contribution in [3.63, 3.8) is 0 Å². The molecule has 0 aliphatic rings. The lowest BCUT2D eigenvalue weighted by atomic mass is 10.2. The summed E-state index contributed by atoms with van der Waals surface area (Å²) in [7, 11) is 1.59. The minimum Gasteiger partial charge on any atom is -0.478 e. The van der Waals surface area contributed by atoms with Gasteiger partial charge in [0.1, 0.15) is 0 Å². The van der Waals surface area contributed by atoms with Crippen molar-refractivity contribution in [2.75, 3.05) is 24.8 Å². The Balaban J connectivity index is 2.03. The highest BCUT2D eigenvalue weighted by Crippen LogP contribution is 2.24. The fourth-order valence-corrected chi connectivity index (χ4v) is 2.89. The van der Waals surface area contributed by atoms with E-state index in [4.69, 9.17) is 10.5 Å². The van der Waals surface area contributed by atoms with Crippen molar-refractivity contribution in [1.82, 2.24) is 9.55 Å². The number of nitrogen functional groups attached to an aromatic ring is 1. The van der Waals surface area contributed by atoms with Crippen LogP contribution in [0.4, 0.5) is 11.6 Å². The van der Waals surface area contributed by atoms with Gasteiger partial charge in [-0.25, -0.2) is 9.78 Å². The second-order valence-electron chi connectivity index (χ2n) is 5.99. The number of fused-ring (bicyclic) bond motifs is 1. The van der Waals surface area contributed by atoms with E-state index in [2.05, 4.69) is 10.3 Å². The second-order valence-corrected chi connectivity index (χ2v) is 5.99. The zero-order valence-electron chi connectivity index (χ0n) is 14.8. The molecule has 27 heavy (non-hydrogen) atoms. The largest absolute Gasteiger partial charge is 0.478 e. The fraction of sp³-hybridized carbons (Fsp3) is 0.211. The third-order valence-electron chi connectivity index (χ3n) is 4.10. The maximum atomic E-state index is 12.6. The molecule has 140 valence electrons. The molecule has 3 rings (SSSR count). The number of benzene rings is 2. The lowest BCUT2D eigenvalue weighted by molar-refractivity contribution is 0.0698. The van der Waals surface area contributed by atoms with Crippen LogP contribution in [0.3, 0.4) is 0 Å². The Kier molecular flexibility index (Phi) is 5.37. The summed E-state index contributed by atoms with van der Waals surface area (Å²) in [5.41, 5.74) is 7.69. The van der Waals surface area contributed by atoms with Crippen LogP contribution in [0, 0.1) is 0 Å². The minimum atomic E-state index is -1.05. The van der Waals surface area contributed by atoms with Crippen LogP contribution in [0.2, 0.25) is 0 Å². The highest BCUT2D eigenvalue weighted by molar-refractivity contribution is 6.06. The number of hydrogen-bond donors (Lipinski definition) is 3. The Bertz CT molecular complexity index is 997. The monoisotopic (exact) mass is 368 g/mol. The second kappa shape index (κ2) is 7.88. The topological polar surface area (TPSA) is 119 Å². The first-order chi connectivity index (χ1) is 13.0. The predicted octanol–water partition coefficient (Wildman–Crippen LogP) is 2.61. The smallest absolute Gasteiger partial charge is 0.337 e. The number of amides is 1. The number of carboxylic acids is 1. The summed E-state index contributed by atoms with van der Waals surface area (Å²) in [6.07, 6.45) is 0.636. The predicted molar refractivity (Wildman–Crippen MR) is 102 cm³/mol. The normalized spacial score (nSPS) is 10.9. The zero-order chi connectivity index (χ0) is 19.4. The lowest BCUT2D eigenvalue weighted by Crippen LogP contribution is -2.17. The summed E-state index contributed by atoms with van der Waals surface area (Å²) in [4.78, 5) is 28.6. The molecule has 8 heteroatoms. The summed E-state index contributed by atoms with van der Waals surface area (Å²) in [5.74, 6) is -1.15. The summed E-state index contributed by atoms with van der Waals surface area (Å²) < 4.78 is 6.78. The number of para-hydroxylation sites is 1. The van der Waals surface area contributed by atoms with Crippen LogP contribution in [0.25, 0.3) is 11.0 Å². The van der Waals surface area contributed by atoms with Crippen molar-refractivity contribution in [2.24, 2.45) is 0 Å². The molecule has 0 saturated heterocycles. The van der Waals surface area contributed by atoms with Crippen molar-refractivity contribution >= 4 is 34.5 Å². The number of rotatable bonds is 7. The molecule has 1 amide bonds. The number of ether oxygens (including phenoxy) is 1. The quantitative estimate of drug-likeness (QED) is 0.436. The summed E-state index contributed by atoms with van der Waals surface area (Å²) in [5, 5.41) is 12.3. The first kappa shape index (κ1) is 18.4. The number of aromatic nitrogens is 2. The third-order valence-corrected chi connectivity index (χ3v) is 4.10. The molecule has 0 unspecified atom stereocenters. The van der Waals surface area contributed by atoms with E-state index in [1.807, 2.05) is 0 Å². The van der Waals surface area contributed by atoms with E-state index >= 15 is 0 Å². The number of nitrogens with one attached hydrogen (secondary N) is 1. The van der Waals surface area contributed by atoms with Crippen LogP contribution >= 0.6 is 0 Å². The fourth-order valence-electron chi connectivity index (χ4n) is 2.89. The number of anilines is 2. The Labute approximate surface area is 155 Å². The molecule has 0 aliphatic heterocycles. The Morgan fingerprint density at radius 2 is 2.04 bits per heavy atom. The van der Waals surface area contributed by atoms with Crippen LogP contribution < -0.4 is 11.1 Å². The minimum absolute atomic E-state index is 0.127. The number of aryl methyl sites for hydroxylation is 1. The van der Waals surface area contributed by atoms with E-state index in [1.54, 1.807) is 48.1 Å². The number of hydrogen-bond acceptors (Lipinski definition) is 5. The van der Waals surface area contributed by atoms with Crippen LogP contribution in [0.5, 0.6) is 0 Å². The first-order valence-electron chi connectivity index (χ1n) is 8.39. The molecular formula is C19H20N4O4. The molecule has 0 spiro atoms. The van der Waals surface area contributed by atoms with Crippen LogP contribution in [-0.4, -0.2) is 40.3 Å². The maximum absolute atomic E-state index is 12.6. The van der Waals surface area contributed by atoms with E-state index in [-0.39, 0.29) is 17.4 Å². The van der Waals surface area contributed by atoms with Gasteiger partial charge in [-0.1, -0.05) is 12.1 Å². The van der Waals surface area contributed by atoms with Gasteiger partial charge in [0.05, 0.1) is 16.6 Å². The van der Waals surface area contributed by atoms with E-state index in [9.17, 15) is 14.7 Å². The standard InChI is InChI=1S/C19H20N4O4/c1-27-10-4-9-23-16-14(18(25)26)7-3-8-15(16)21-19(23)22-17(24)12-5-2-6-13(20)11-12/h2-3,5-8,11H,4,9-10,20H2,1H3,(H,25,26)(H,21,22,24). The first-order valence-corrected chi connectivity index (χ1v) is 8.39. The van der Waals surface area contributed by atoms with E-state index < -0.39 is 5.97 Å². The van der Waals surface area contributed by atoms with Gasteiger partial charge in [0, 0.05) is 31.5 Å². The van der Waals surface area contributed by atoms with Gasteiger partial charge in [-0.05, 0) is 36.8 Å². The van der Waals surface area contributed by atoms with Gasteiger partial charge in [-0.2, -0.15) is 0 Å². The van der Waals surface area contributed by atoms with Gasteiger partial charge >= 0.3 is 5.97 Å². The van der Waals surface area contributed by atoms with Gasteiger partial charge in [0.15, 0.2) is 0 Å².